The topological polar surface area (TPSA) is 38.8 Å². The number of hydrogen-bond donors (Lipinski definition) is 0. The molecule has 0 unspecified atom stereocenters. The Morgan fingerprint density at radius 2 is 1.35 bits per heavy atom. The number of alkyl halides is 9. The van der Waals surface area contributed by atoms with Crippen LogP contribution in [0.15, 0.2) is 54.6 Å². The van der Waals surface area contributed by atoms with Gasteiger partial charge in [-0.15, -0.1) is 0 Å². The number of carbonyl (C=O) groups is 1. The van der Waals surface area contributed by atoms with E-state index in [9.17, 15) is 44.3 Å². The van der Waals surface area contributed by atoms with Crippen molar-refractivity contribution in [3.8, 4) is 16.9 Å². The van der Waals surface area contributed by atoms with Gasteiger partial charge in [0.15, 0.2) is 0 Å². The lowest BCUT2D eigenvalue weighted by molar-refractivity contribution is -0.143. The maximum absolute atomic E-state index is 13.6. The van der Waals surface area contributed by atoms with E-state index in [0.29, 0.717) is 29.0 Å². The summed E-state index contributed by atoms with van der Waals surface area (Å²) in [6, 6.07) is 9.39. The molecule has 4 nitrogen and oxygen atoms in total. The van der Waals surface area contributed by atoms with Gasteiger partial charge in [-0.1, -0.05) is 26.0 Å². The molecule has 0 saturated heterocycles. The molecule has 3 aromatic rings. The second-order valence-corrected chi connectivity index (χ2v) is 10.1. The fourth-order valence-corrected chi connectivity index (χ4v) is 4.31. The van der Waals surface area contributed by atoms with Crippen LogP contribution < -0.4 is 4.74 Å². The predicted octanol–water partition coefficient (Wildman–Crippen LogP) is 9.35. The van der Waals surface area contributed by atoms with Crippen molar-refractivity contribution in [3.05, 3.63) is 88.0 Å². The Hall–Kier alpha value is -3.90. The second-order valence-electron chi connectivity index (χ2n) is 10.1. The zero-order valence-corrected chi connectivity index (χ0v) is 23.5. The van der Waals surface area contributed by atoms with Gasteiger partial charge in [0.25, 0.3) is 0 Å². The average Bonchev–Trinajstić information content (AvgIpc) is 2.90. The summed E-state index contributed by atoms with van der Waals surface area (Å²) in [5, 5.41) is 0. The van der Waals surface area contributed by atoms with Gasteiger partial charge in [0, 0.05) is 25.6 Å². The second kappa shape index (κ2) is 12.8. The first-order chi connectivity index (χ1) is 19.8. The highest BCUT2D eigenvalue weighted by atomic mass is 19.4. The van der Waals surface area contributed by atoms with Crippen LogP contribution in [0.5, 0.6) is 5.75 Å². The van der Waals surface area contributed by atoms with Gasteiger partial charge in [0.2, 0.25) is 0 Å². The maximum Gasteiger partial charge on any atom is 0.416 e. The SMILES string of the molecule is COc1ccc(C(C)C)cc1-c1ccc(C(F)(F)F)cc1CN(C)C(=O)OCCc1cc(C(F)(F)F)cc(C(F)(F)F)c1. The summed E-state index contributed by atoms with van der Waals surface area (Å²) in [6.45, 7) is 2.93. The molecule has 0 saturated carbocycles. The van der Waals surface area contributed by atoms with Gasteiger partial charge in [-0.25, -0.2) is 4.79 Å². The van der Waals surface area contributed by atoms with Crippen molar-refractivity contribution >= 4 is 6.09 Å². The lowest BCUT2D eigenvalue weighted by Crippen LogP contribution is -2.28. The average molecular weight is 622 g/mol. The van der Waals surface area contributed by atoms with Gasteiger partial charge in [-0.3, -0.25) is 0 Å². The molecule has 3 rings (SSSR count). The first-order valence-corrected chi connectivity index (χ1v) is 12.9. The third kappa shape index (κ3) is 8.57. The summed E-state index contributed by atoms with van der Waals surface area (Å²) < 4.78 is 130. The first kappa shape index (κ1) is 33.6. The fraction of sp³-hybridized carbons (Fsp3) is 0.367. The Labute approximate surface area is 242 Å². The molecule has 0 aliphatic heterocycles. The molecular weight excluding hydrogens is 593 g/mol. The summed E-state index contributed by atoms with van der Waals surface area (Å²) in [5.41, 5.74) is -2.50. The van der Waals surface area contributed by atoms with Crippen LogP contribution in [0.2, 0.25) is 0 Å². The Bertz CT molecular complexity index is 1410. The number of hydrogen-bond acceptors (Lipinski definition) is 3. The van der Waals surface area contributed by atoms with Gasteiger partial charge >= 0.3 is 24.6 Å². The minimum absolute atomic E-state index is 0.0121. The smallest absolute Gasteiger partial charge is 0.416 e. The summed E-state index contributed by atoms with van der Waals surface area (Å²) in [5.74, 6) is 0.471. The molecule has 0 bridgehead atoms. The Morgan fingerprint density at radius 3 is 1.86 bits per heavy atom. The number of rotatable bonds is 8. The van der Waals surface area contributed by atoms with Crippen molar-refractivity contribution < 1.29 is 53.8 Å². The summed E-state index contributed by atoms with van der Waals surface area (Å²) >= 11 is 0. The predicted molar refractivity (Wildman–Crippen MR) is 140 cm³/mol. The van der Waals surface area contributed by atoms with Gasteiger partial charge in [0.05, 0.1) is 30.4 Å². The van der Waals surface area contributed by atoms with E-state index in [1.807, 2.05) is 19.9 Å². The quantitative estimate of drug-likeness (QED) is 0.235. The summed E-state index contributed by atoms with van der Waals surface area (Å²) in [6.07, 6.45) is -16.3. The summed E-state index contributed by atoms with van der Waals surface area (Å²) in [7, 11) is 2.64. The number of ether oxygens (including phenoxy) is 2. The zero-order valence-electron chi connectivity index (χ0n) is 23.5. The van der Waals surface area contributed by atoms with E-state index in [4.69, 9.17) is 9.47 Å². The van der Waals surface area contributed by atoms with Gasteiger partial charge in [-0.2, -0.15) is 39.5 Å². The molecule has 1 amide bonds. The molecule has 0 aliphatic carbocycles. The molecule has 0 heterocycles. The van der Waals surface area contributed by atoms with Crippen LogP contribution in [0.1, 0.15) is 53.1 Å². The molecule has 0 N–H and O–H groups in total. The molecule has 43 heavy (non-hydrogen) atoms. The van der Waals surface area contributed by atoms with E-state index < -0.39 is 54.3 Å². The first-order valence-electron chi connectivity index (χ1n) is 12.9. The molecule has 3 aromatic carbocycles. The zero-order chi connectivity index (χ0) is 32.3. The van der Waals surface area contributed by atoms with Crippen LogP contribution in [0.4, 0.5) is 44.3 Å². The van der Waals surface area contributed by atoms with Crippen molar-refractivity contribution in [1.82, 2.24) is 4.90 Å². The lowest BCUT2D eigenvalue weighted by Gasteiger charge is -2.22. The fourth-order valence-electron chi connectivity index (χ4n) is 4.31. The van der Waals surface area contributed by atoms with E-state index in [1.165, 1.54) is 20.2 Å². The van der Waals surface area contributed by atoms with E-state index in [1.54, 1.807) is 12.1 Å². The number of nitrogens with zero attached hydrogens (tertiary/aromatic N) is 1. The Balaban J connectivity index is 1.85. The molecule has 0 aromatic heterocycles. The molecule has 0 radical (unpaired) electrons. The van der Waals surface area contributed by atoms with E-state index in [-0.39, 0.29) is 29.7 Å². The van der Waals surface area contributed by atoms with Gasteiger partial charge < -0.3 is 14.4 Å². The number of benzene rings is 3. The highest BCUT2D eigenvalue weighted by molar-refractivity contribution is 5.75. The molecular formula is C30H28F9NO3. The molecule has 0 spiro atoms. The van der Waals surface area contributed by atoms with Crippen LogP contribution >= 0.6 is 0 Å². The minimum atomic E-state index is -5.03. The van der Waals surface area contributed by atoms with Crippen LogP contribution in [-0.2, 0) is 36.2 Å². The van der Waals surface area contributed by atoms with Crippen molar-refractivity contribution in [2.24, 2.45) is 0 Å². The van der Waals surface area contributed by atoms with Crippen LogP contribution in [0, 0.1) is 0 Å². The van der Waals surface area contributed by atoms with Crippen molar-refractivity contribution in [2.75, 3.05) is 20.8 Å². The van der Waals surface area contributed by atoms with Crippen LogP contribution in [0.3, 0.4) is 0 Å². The van der Waals surface area contributed by atoms with E-state index >= 15 is 0 Å². The van der Waals surface area contributed by atoms with Crippen LogP contribution in [-0.4, -0.2) is 31.8 Å². The molecule has 0 fully saturated rings. The Morgan fingerprint density at radius 1 is 0.767 bits per heavy atom. The summed E-state index contributed by atoms with van der Waals surface area (Å²) in [4.78, 5) is 13.6. The van der Waals surface area contributed by atoms with Gasteiger partial charge in [-0.05, 0) is 70.6 Å². The number of halogens is 9. The van der Waals surface area contributed by atoms with Crippen LogP contribution in [0.25, 0.3) is 11.1 Å². The maximum atomic E-state index is 13.6. The highest BCUT2D eigenvalue weighted by Gasteiger charge is 2.37. The monoisotopic (exact) mass is 621 g/mol. The molecule has 0 aliphatic rings. The molecule has 13 heteroatoms. The largest absolute Gasteiger partial charge is 0.496 e. The van der Waals surface area contributed by atoms with Crippen molar-refractivity contribution in [2.45, 2.75) is 51.3 Å². The molecule has 234 valence electrons. The third-order valence-corrected chi connectivity index (χ3v) is 6.60. The normalized spacial score (nSPS) is 12.4. The highest BCUT2D eigenvalue weighted by Crippen LogP contribution is 2.39. The Kier molecular flexibility index (Phi) is 9.97. The number of amides is 1. The lowest BCUT2D eigenvalue weighted by atomic mass is 9.92. The standard InChI is InChI=1S/C30H28F9NO3/c1-17(2)19-5-8-26(42-4)25(14-19)24-7-6-21(28(31,32)33)13-20(24)16-40(3)27(41)43-10-9-18-11-22(29(34,35)36)15-23(12-18)30(37,38)39/h5-8,11-15,17H,9-10,16H2,1-4H3. The number of methoxy groups -OCH3 is 1. The van der Waals surface area contributed by atoms with Crippen molar-refractivity contribution in [3.63, 3.8) is 0 Å². The van der Waals surface area contributed by atoms with Gasteiger partial charge in [0.1, 0.15) is 5.75 Å². The minimum Gasteiger partial charge on any atom is -0.496 e. The molecule has 0 atom stereocenters. The van der Waals surface area contributed by atoms with E-state index in [2.05, 4.69) is 0 Å². The number of carbonyl (C=O) groups excluding carboxylic acids is 1. The third-order valence-electron chi connectivity index (χ3n) is 6.60. The van der Waals surface area contributed by atoms with Crippen molar-refractivity contribution in [1.29, 1.82) is 0 Å². The van der Waals surface area contributed by atoms with E-state index in [0.717, 1.165) is 22.6 Å².